The first-order valence-electron chi connectivity index (χ1n) is 10.3. The monoisotopic (exact) mass is 454 g/mol. The van der Waals surface area contributed by atoms with Gasteiger partial charge in [-0.1, -0.05) is 31.2 Å². The summed E-state index contributed by atoms with van der Waals surface area (Å²) in [5, 5.41) is 2.33. The van der Waals surface area contributed by atoms with Crippen molar-refractivity contribution in [3.05, 3.63) is 58.0 Å². The van der Waals surface area contributed by atoms with Crippen LogP contribution in [-0.4, -0.2) is 42.2 Å². The molecule has 0 saturated carbocycles. The Kier molecular flexibility index (Phi) is 7.58. The highest BCUT2D eigenvalue weighted by atomic mass is 32.2. The summed E-state index contributed by atoms with van der Waals surface area (Å²) in [6, 6.07) is 11.0. The number of amides is 3. The highest BCUT2D eigenvalue weighted by Gasteiger charge is 2.36. The van der Waals surface area contributed by atoms with Gasteiger partial charge < -0.3 is 14.8 Å². The summed E-state index contributed by atoms with van der Waals surface area (Å²) in [6.45, 7) is 6.01. The van der Waals surface area contributed by atoms with Gasteiger partial charge in [-0.25, -0.2) is 0 Å². The van der Waals surface area contributed by atoms with Crippen LogP contribution in [0.4, 0.5) is 10.5 Å². The largest absolute Gasteiger partial charge is 0.493 e. The summed E-state index contributed by atoms with van der Waals surface area (Å²) in [5.41, 5.74) is 3.20. The van der Waals surface area contributed by atoms with E-state index in [2.05, 4.69) is 5.32 Å². The van der Waals surface area contributed by atoms with Gasteiger partial charge in [-0.15, -0.1) is 0 Å². The molecule has 8 heteroatoms. The first kappa shape index (κ1) is 23.4. The highest BCUT2D eigenvalue weighted by molar-refractivity contribution is 8.18. The number of rotatable bonds is 8. The van der Waals surface area contributed by atoms with Crippen molar-refractivity contribution in [2.75, 3.05) is 25.6 Å². The van der Waals surface area contributed by atoms with E-state index in [-0.39, 0.29) is 11.4 Å². The van der Waals surface area contributed by atoms with E-state index in [1.807, 2.05) is 39.0 Å². The number of nitrogens with zero attached hydrogens (tertiary/aromatic N) is 1. The standard InChI is InChI=1S/C24H26N2O5S/c1-5-11-31-18-10-9-17(12-19(18)30-4)13-20-23(28)26(24(29)32-20)14-21(27)25-22-15(2)7-6-8-16(22)3/h6-10,12-13H,5,11,14H2,1-4H3,(H,25,27)/b20-13-. The molecule has 32 heavy (non-hydrogen) atoms. The van der Waals surface area contributed by atoms with Crippen molar-refractivity contribution in [3.63, 3.8) is 0 Å². The maximum Gasteiger partial charge on any atom is 0.294 e. The van der Waals surface area contributed by atoms with Crippen LogP contribution in [-0.2, 0) is 9.59 Å². The Morgan fingerprint density at radius 1 is 1.12 bits per heavy atom. The van der Waals surface area contributed by atoms with Gasteiger partial charge in [-0.05, 0) is 66.9 Å². The molecule has 0 radical (unpaired) electrons. The van der Waals surface area contributed by atoms with Crippen LogP contribution in [0.3, 0.4) is 0 Å². The van der Waals surface area contributed by atoms with E-state index in [0.29, 0.717) is 29.4 Å². The predicted octanol–water partition coefficient (Wildman–Crippen LogP) is 4.78. The van der Waals surface area contributed by atoms with Crippen molar-refractivity contribution in [2.45, 2.75) is 27.2 Å². The van der Waals surface area contributed by atoms with E-state index < -0.39 is 17.1 Å². The molecule has 168 valence electrons. The first-order valence-corrected chi connectivity index (χ1v) is 11.1. The molecule has 0 aromatic heterocycles. The van der Waals surface area contributed by atoms with Crippen LogP contribution < -0.4 is 14.8 Å². The molecule has 3 amide bonds. The number of nitrogens with one attached hydrogen (secondary N) is 1. The average molecular weight is 455 g/mol. The van der Waals surface area contributed by atoms with Crippen molar-refractivity contribution >= 4 is 40.6 Å². The maximum atomic E-state index is 12.8. The third kappa shape index (κ3) is 5.31. The second kappa shape index (κ2) is 10.4. The molecule has 0 bridgehead atoms. The van der Waals surface area contributed by atoms with Crippen LogP contribution in [0, 0.1) is 13.8 Å². The Labute approximate surface area is 191 Å². The molecule has 2 aromatic rings. The fourth-order valence-corrected chi connectivity index (χ4v) is 4.07. The summed E-state index contributed by atoms with van der Waals surface area (Å²) >= 11 is 0.809. The molecular weight excluding hydrogens is 428 g/mol. The fourth-order valence-electron chi connectivity index (χ4n) is 3.23. The molecule has 0 unspecified atom stereocenters. The lowest BCUT2D eigenvalue weighted by atomic mass is 10.1. The Bertz CT molecular complexity index is 1060. The molecule has 0 atom stereocenters. The summed E-state index contributed by atoms with van der Waals surface area (Å²) in [7, 11) is 1.54. The van der Waals surface area contributed by atoms with Gasteiger partial charge in [0.15, 0.2) is 11.5 Å². The van der Waals surface area contributed by atoms with Gasteiger partial charge in [-0.2, -0.15) is 0 Å². The zero-order valence-corrected chi connectivity index (χ0v) is 19.4. The number of methoxy groups -OCH3 is 1. The Morgan fingerprint density at radius 3 is 2.50 bits per heavy atom. The van der Waals surface area contributed by atoms with Crippen LogP contribution >= 0.6 is 11.8 Å². The number of thioether (sulfide) groups is 1. The summed E-state index contributed by atoms with van der Waals surface area (Å²) < 4.78 is 11.0. The lowest BCUT2D eigenvalue weighted by molar-refractivity contribution is -0.127. The Morgan fingerprint density at radius 2 is 1.84 bits per heavy atom. The molecule has 0 spiro atoms. The van der Waals surface area contributed by atoms with Gasteiger partial charge in [0.1, 0.15) is 6.54 Å². The van der Waals surface area contributed by atoms with Gasteiger partial charge in [0.2, 0.25) is 5.91 Å². The third-order valence-electron chi connectivity index (χ3n) is 4.87. The van der Waals surface area contributed by atoms with Crippen molar-refractivity contribution in [1.82, 2.24) is 4.90 Å². The van der Waals surface area contributed by atoms with E-state index >= 15 is 0 Å². The van der Waals surface area contributed by atoms with E-state index in [9.17, 15) is 14.4 Å². The lowest BCUT2D eigenvalue weighted by Gasteiger charge is -2.15. The van der Waals surface area contributed by atoms with Crippen LogP contribution in [0.2, 0.25) is 0 Å². The molecule has 1 fully saturated rings. The molecule has 2 aromatic carbocycles. The molecule has 0 aliphatic carbocycles. The summed E-state index contributed by atoms with van der Waals surface area (Å²) in [6.07, 6.45) is 2.48. The predicted molar refractivity (Wildman–Crippen MR) is 126 cm³/mol. The Hall–Kier alpha value is -3.26. The quantitative estimate of drug-likeness (QED) is 0.578. The van der Waals surface area contributed by atoms with Crippen LogP contribution in [0.1, 0.15) is 30.0 Å². The molecule has 1 heterocycles. The van der Waals surface area contributed by atoms with Crippen molar-refractivity contribution in [1.29, 1.82) is 0 Å². The van der Waals surface area contributed by atoms with E-state index in [1.54, 1.807) is 31.4 Å². The number of hydrogen-bond acceptors (Lipinski definition) is 6. The van der Waals surface area contributed by atoms with Gasteiger partial charge in [0.05, 0.1) is 18.6 Å². The zero-order chi connectivity index (χ0) is 23.3. The van der Waals surface area contributed by atoms with E-state index in [4.69, 9.17) is 9.47 Å². The number of para-hydroxylation sites is 1. The molecule has 7 nitrogen and oxygen atoms in total. The normalized spacial score (nSPS) is 14.8. The number of ether oxygens (including phenoxy) is 2. The molecule has 1 aliphatic heterocycles. The lowest BCUT2D eigenvalue weighted by Crippen LogP contribution is -2.36. The number of benzene rings is 2. The van der Waals surface area contributed by atoms with Gasteiger partial charge in [0.25, 0.3) is 11.1 Å². The third-order valence-corrected chi connectivity index (χ3v) is 5.78. The van der Waals surface area contributed by atoms with Gasteiger partial charge in [0, 0.05) is 5.69 Å². The topological polar surface area (TPSA) is 84.9 Å². The smallest absolute Gasteiger partial charge is 0.294 e. The van der Waals surface area contributed by atoms with Gasteiger partial charge >= 0.3 is 0 Å². The van der Waals surface area contributed by atoms with E-state index in [0.717, 1.165) is 34.2 Å². The van der Waals surface area contributed by atoms with Crippen molar-refractivity contribution in [2.24, 2.45) is 0 Å². The SMILES string of the molecule is CCCOc1ccc(/C=C2\SC(=O)N(CC(=O)Nc3c(C)cccc3C)C2=O)cc1OC. The molecular formula is C24H26N2O5S. The highest BCUT2D eigenvalue weighted by Crippen LogP contribution is 2.34. The summed E-state index contributed by atoms with van der Waals surface area (Å²) in [4.78, 5) is 38.9. The number of carbonyl (C=O) groups is 3. The minimum absolute atomic E-state index is 0.249. The molecule has 1 aliphatic rings. The first-order chi connectivity index (χ1) is 15.3. The number of carbonyl (C=O) groups excluding carboxylic acids is 3. The molecule has 1 saturated heterocycles. The van der Waals surface area contributed by atoms with Crippen molar-refractivity contribution in [3.8, 4) is 11.5 Å². The second-order valence-corrected chi connectivity index (χ2v) is 8.33. The number of anilines is 1. The van der Waals surface area contributed by atoms with Gasteiger partial charge in [-0.3, -0.25) is 19.3 Å². The number of hydrogen-bond donors (Lipinski definition) is 1. The molecule has 3 rings (SSSR count). The summed E-state index contributed by atoms with van der Waals surface area (Å²) in [5.74, 6) is 0.231. The number of aryl methyl sites for hydroxylation is 2. The van der Waals surface area contributed by atoms with E-state index in [1.165, 1.54) is 0 Å². The fraction of sp³-hybridized carbons (Fsp3) is 0.292. The van der Waals surface area contributed by atoms with Crippen LogP contribution in [0.25, 0.3) is 6.08 Å². The minimum Gasteiger partial charge on any atom is -0.493 e. The number of imide groups is 1. The van der Waals surface area contributed by atoms with Crippen LogP contribution in [0.5, 0.6) is 11.5 Å². The molecule has 1 N–H and O–H groups in total. The Balaban J connectivity index is 1.73. The second-order valence-electron chi connectivity index (χ2n) is 7.34. The average Bonchev–Trinajstić information content (AvgIpc) is 3.02. The van der Waals surface area contributed by atoms with Crippen LogP contribution in [0.15, 0.2) is 41.3 Å². The minimum atomic E-state index is -0.498. The zero-order valence-electron chi connectivity index (χ0n) is 18.6. The maximum absolute atomic E-state index is 12.8. The van der Waals surface area contributed by atoms with Crippen molar-refractivity contribution < 1.29 is 23.9 Å².